The first-order valence-corrected chi connectivity index (χ1v) is 18.8. The Labute approximate surface area is 314 Å². The summed E-state index contributed by atoms with van der Waals surface area (Å²) in [6.07, 6.45) is 4.00. The van der Waals surface area contributed by atoms with Gasteiger partial charge in [-0.2, -0.15) is 0 Å². The molecule has 16 heteroatoms. The fourth-order valence-corrected chi connectivity index (χ4v) is 5.50. The number of benzene rings is 1. The SMILES string of the molecule is CC(C)[C@H](N)C(=O)N[C@@H](CCCCN)C(=O)N[C@@H](CCCCN)C(=O)N[C@H](C(=O)N[C@@H](Cc1ccccc1)C(=O)N[C@@H](CCCCN)C(=O)O)C(C)C. The fourth-order valence-electron chi connectivity index (χ4n) is 5.50. The van der Waals surface area contributed by atoms with Gasteiger partial charge >= 0.3 is 5.97 Å². The predicted octanol–water partition coefficient (Wildman–Crippen LogP) is -0.236. The number of hydrogen-bond acceptors (Lipinski definition) is 10. The summed E-state index contributed by atoms with van der Waals surface area (Å²) in [5, 5.41) is 23.3. The monoisotopic (exact) mass is 748 g/mol. The van der Waals surface area contributed by atoms with Gasteiger partial charge in [0.05, 0.1) is 6.04 Å². The van der Waals surface area contributed by atoms with Crippen LogP contribution in [0.2, 0.25) is 0 Å². The van der Waals surface area contributed by atoms with E-state index in [1.165, 1.54) is 0 Å². The number of carbonyl (C=O) groups is 6. The van der Waals surface area contributed by atoms with Gasteiger partial charge < -0.3 is 54.6 Å². The zero-order valence-electron chi connectivity index (χ0n) is 31.9. The minimum Gasteiger partial charge on any atom is -0.480 e. The summed E-state index contributed by atoms with van der Waals surface area (Å²) in [6.45, 7) is 8.17. The fraction of sp³-hybridized carbons (Fsp3) is 0.676. The van der Waals surface area contributed by atoms with Crippen LogP contribution in [0.3, 0.4) is 0 Å². The highest BCUT2D eigenvalue weighted by molar-refractivity contribution is 5.96. The molecule has 0 aromatic heterocycles. The van der Waals surface area contributed by atoms with Gasteiger partial charge in [-0.05, 0) is 94.8 Å². The number of carboxylic acid groups (broad SMARTS) is 1. The van der Waals surface area contributed by atoms with Gasteiger partial charge in [0.15, 0.2) is 0 Å². The van der Waals surface area contributed by atoms with E-state index in [4.69, 9.17) is 22.9 Å². The molecule has 6 atom stereocenters. The lowest BCUT2D eigenvalue weighted by molar-refractivity contribution is -0.142. The molecular weight excluding hydrogens is 682 g/mol. The zero-order valence-corrected chi connectivity index (χ0v) is 31.9. The molecule has 1 aromatic rings. The Balaban J connectivity index is 3.29. The van der Waals surface area contributed by atoms with Crippen LogP contribution in [-0.4, -0.2) is 96.5 Å². The minimum atomic E-state index is -1.21. The molecule has 0 fully saturated rings. The summed E-state index contributed by atoms with van der Waals surface area (Å²) in [4.78, 5) is 79.6. The highest BCUT2D eigenvalue weighted by Crippen LogP contribution is 2.11. The second-order valence-electron chi connectivity index (χ2n) is 14.1. The van der Waals surface area contributed by atoms with E-state index in [2.05, 4.69) is 26.6 Å². The van der Waals surface area contributed by atoms with Gasteiger partial charge in [-0.15, -0.1) is 0 Å². The quantitative estimate of drug-likeness (QED) is 0.0525. The Morgan fingerprint density at radius 2 is 0.962 bits per heavy atom. The molecule has 1 rings (SSSR count). The lowest BCUT2D eigenvalue weighted by Crippen LogP contribution is -2.60. The highest BCUT2D eigenvalue weighted by Gasteiger charge is 2.34. The molecule has 16 nitrogen and oxygen atoms in total. The number of nitrogens with two attached hydrogens (primary N) is 4. The third kappa shape index (κ3) is 18.0. The number of carbonyl (C=O) groups excluding carboxylic acids is 5. The second kappa shape index (κ2) is 25.8. The minimum absolute atomic E-state index is 0.0574. The van der Waals surface area contributed by atoms with Gasteiger partial charge in [-0.25, -0.2) is 4.79 Å². The van der Waals surface area contributed by atoms with Crippen molar-refractivity contribution in [1.82, 2.24) is 26.6 Å². The standard InChI is InChI=1S/C37H65N9O7/c1-23(2)30(41)35(50)43-26(16-8-11-19-38)32(47)42-27(17-9-12-20-39)33(48)46-31(24(3)4)36(51)45-29(22-25-14-6-5-7-15-25)34(49)44-28(37(52)53)18-10-13-21-40/h5-7,14-15,23-24,26-31H,8-13,16-22,38-41H2,1-4H3,(H,42,47)(H,43,50)(H,44,49)(H,45,51)(H,46,48)(H,52,53)/t26-,27-,28-,29-,30-,31-/m0/s1. The molecule has 0 heterocycles. The Hall–Kier alpha value is -4.12. The van der Waals surface area contributed by atoms with E-state index in [0.717, 1.165) is 5.56 Å². The molecule has 0 unspecified atom stereocenters. The highest BCUT2D eigenvalue weighted by atomic mass is 16.4. The maximum atomic E-state index is 13.8. The maximum Gasteiger partial charge on any atom is 0.326 e. The molecule has 0 bridgehead atoms. The van der Waals surface area contributed by atoms with E-state index >= 15 is 0 Å². The molecule has 0 aliphatic carbocycles. The molecule has 300 valence electrons. The maximum absolute atomic E-state index is 13.8. The topological polar surface area (TPSA) is 287 Å². The number of hydrogen-bond donors (Lipinski definition) is 10. The molecule has 1 aromatic carbocycles. The van der Waals surface area contributed by atoms with Crippen LogP contribution in [-0.2, 0) is 35.2 Å². The summed E-state index contributed by atoms with van der Waals surface area (Å²) in [6, 6.07) is 2.53. The average molecular weight is 748 g/mol. The van der Waals surface area contributed by atoms with Crippen LogP contribution in [0.15, 0.2) is 30.3 Å². The van der Waals surface area contributed by atoms with Crippen LogP contribution >= 0.6 is 0 Å². The van der Waals surface area contributed by atoms with Gasteiger partial charge in [0, 0.05) is 6.42 Å². The van der Waals surface area contributed by atoms with E-state index in [1.54, 1.807) is 58.0 Å². The van der Waals surface area contributed by atoms with Gasteiger partial charge in [0.25, 0.3) is 0 Å². The van der Waals surface area contributed by atoms with Crippen molar-refractivity contribution < 1.29 is 33.9 Å². The summed E-state index contributed by atoms with van der Waals surface area (Å²) in [7, 11) is 0. The first-order valence-electron chi connectivity index (χ1n) is 18.8. The van der Waals surface area contributed by atoms with Crippen molar-refractivity contribution in [2.45, 2.75) is 128 Å². The third-order valence-electron chi connectivity index (χ3n) is 8.90. The molecule has 0 saturated carbocycles. The second-order valence-corrected chi connectivity index (χ2v) is 14.1. The number of rotatable bonds is 27. The van der Waals surface area contributed by atoms with E-state index in [1.807, 2.05) is 0 Å². The van der Waals surface area contributed by atoms with E-state index in [0.29, 0.717) is 58.2 Å². The van der Waals surface area contributed by atoms with Crippen molar-refractivity contribution in [2.75, 3.05) is 19.6 Å². The molecule has 14 N–H and O–H groups in total. The molecule has 5 amide bonds. The molecule has 0 spiro atoms. The molecule has 0 radical (unpaired) electrons. The largest absolute Gasteiger partial charge is 0.480 e. The van der Waals surface area contributed by atoms with Crippen LogP contribution in [0.5, 0.6) is 0 Å². The number of carboxylic acids is 1. The first kappa shape index (κ1) is 46.9. The zero-order chi connectivity index (χ0) is 39.9. The van der Waals surface area contributed by atoms with Crippen LogP contribution in [0.1, 0.15) is 91.0 Å². The molecule has 53 heavy (non-hydrogen) atoms. The molecule has 0 saturated heterocycles. The van der Waals surface area contributed by atoms with Crippen LogP contribution in [0.25, 0.3) is 0 Å². The molecular formula is C37H65N9O7. The Morgan fingerprint density at radius 3 is 1.42 bits per heavy atom. The van der Waals surface area contributed by atoms with Gasteiger partial charge in [0.1, 0.15) is 30.2 Å². The van der Waals surface area contributed by atoms with Crippen molar-refractivity contribution >= 4 is 35.5 Å². The Bertz CT molecular complexity index is 1280. The molecule has 0 aliphatic heterocycles. The average Bonchev–Trinajstić information content (AvgIpc) is 3.11. The van der Waals surface area contributed by atoms with Crippen LogP contribution in [0.4, 0.5) is 0 Å². The Kier molecular flexibility index (Phi) is 22.8. The summed E-state index contributed by atoms with van der Waals surface area (Å²) in [5.74, 6) is -4.90. The first-order chi connectivity index (χ1) is 25.2. The van der Waals surface area contributed by atoms with Gasteiger partial charge in [-0.1, -0.05) is 58.0 Å². The van der Waals surface area contributed by atoms with E-state index in [9.17, 15) is 33.9 Å². The lowest BCUT2D eigenvalue weighted by Gasteiger charge is -2.29. The smallest absolute Gasteiger partial charge is 0.326 e. The van der Waals surface area contributed by atoms with Crippen molar-refractivity contribution in [2.24, 2.45) is 34.8 Å². The lowest BCUT2D eigenvalue weighted by atomic mass is 9.99. The van der Waals surface area contributed by atoms with Crippen molar-refractivity contribution in [3.63, 3.8) is 0 Å². The van der Waals surface area contributed by atoms with E-state index in [-0.39, 0.29) is 31.6 Å². The number of amides is 5. The van der Waals surface area contributed by atoms with Crippen molar-refractivity contribution in [1.29, 1.82) is 0 Å². The normalized spacial score (nSPS) is 14.7. The number of aliphatic carboxylic acids is 1. The molecule has 0 aliphatic rings. The Morgan fingerprint density at radius 1 is 0.547 bits per heavy atom. The summed E-state index contributed by atoms with van der Waals surface area (Å²) < 4.78 is 0. The van der Waals surface area contributed by atoms with E-state index < -0.39 is 77.7 Å². The predicted molar refractivity (Wildman–Crippen MR) is 204 cm³/mol. The number of unbranched alkanes of at least 4 members (excludes halogenated alkanes) is 3. The summed E-state index contributed by atoms with van der Waals surface area (Å²) >= 11 is 0. The van der Waals surface area contributed by atoms with Gasteiger partial charge in [-0.3, -0.25) is 24.0 Å². The third-order valence-corrected chi connectivity index (χ3v) is 8.90. The van der Waals surface area contributed by atoms with Crippen LogP contribution in [0, 0.1) is 11.8 Å². The van der Waals surface area contributed by atoms with Crippen molar-refractivity contribution in [3.05, 3.63) is 35.9 Å². The van der Waals surface area contributed by atoms with Crippen LogP contribution < -0.4 is 49.5 Å². The van der Waals surface area contributed by atoms with Gasteiger partial charge in [0.2, 0.25) is 29.5 Å². The number of nitrogens with one attached hydrogen (secondary N) is 5. The summed E-state index contributed by atoms with van der Waals surface area (Å²) in [5.41, 5.74) is 23.7. The van der Waals surface area contributed by atoms with Crippen molar-refractivity contribution in [3.8, 4) is 0 Å².